The number of ketones is 1. The van der Waals surface area contributed by atoms with Crippen LogP contribution in [0.4, 0.5) is 0 Å². The summed E-state index contributed by atoms with van der Waals surface area (Å²) in [7, 11) is 0. The summed E-state index contributed by atoms with van der Waals surface area (Å²) in [6.07, 6.45) is 4.35. The second kappa shape index (κ2) is 5.18. The zero-order chi connectivity index (χ0) is 10.4. The number of ether oxygens (including phenoxy) is 1. The number of carbonyl (C=O) groups excluding carboxylic acids is 2. The van der Waals surface area contributed by atoms with Gasteiger partial charge in [-0.2, -0.15) is 5.26 Å². The molecule has 4 nitrogen and oxygen atoms in total. The maximum atomic E-state index is 11.4. The van der Waals surface area contributed by atoms with Crippen molar-refractivity contribution in [2.75, 3.05) is 6.61 Å². The van der Waals surface area contributed by atoms with Crippen LogP contribution in [0.2, 0.25) is 0 Å². The summed E-state index contributed by atoms with van der Waals surface area (Å²) >= 11 is 0. The van der Waals surface area contributed by atoms with Crippen molar-refractivity contribution in [1.82, 2.24) is 0 Å². The molecule has 0 aromatic heterocycles. The first-order valence-corrected chi connectivity index (χ1v) is 4.52. The minimum Gasteiger partial charge on any atom is -0.465 e. The van der Waals surface area contributed by atoms with E-state index in [-0.39, 0.29) is 5.78 Å². The van der Waals surface area contributed by atoms with Crippen LogP contribution in [-0.4, -0.2) is 18.4 Å². The normalized spacial score (nSPS) is 22.5. The zero-order valence-electron chi connectivity index (χ0n) is 7.73. The van der Waals surface area contributed by atoms with Crippen molar-refractivity contribution in [2.45, 2.75) is 19.3 Å². The Bertz CT molecular complexity index is 301. The van der Waals surface area contributed by atoms with Gasteiger partial charge in [0.25, 0.3) is 0 Å². The van der Waals surface area contributed by atoms with Crippen LogP contribution in [-0.2, 0) is 14.3 Å². The van der Waals surface area contributed by atoms with Crippen molar-refractivity contribution < 1.29 is 14.3 Å². The van der Waals surface area contributed by atoms with Gasteiger partial charge in [-0.05, 0) is 25.3 Å². The van der Waals surface area contributed by atoms with Crippen molar-refractivity contribution in [1.29, 1.82) is 5.26 Å². The molecule has 0 spiro atoms. The first kappa shape index (κ1) is 10.5. The second-order valence-electron chi connectivity index (χ2n) is 3.08. The van der Waals surface area contributed by atoms with Gasteiger partial charge in [-0.25, -0.2) is 0 Å². The Kier molecular flexibility index (Phi) is 3.86. The van der Waals surface area contributed by atoms with Crippen molar-refractivity contribution in [3.63, 3.8) is 0 Å². The Hall–Kier alpha value is -1.63. The van der Waals surface area contributed by atoms with Crippen LogP contribution in [0.1, 0.15) is 19.3 Å². The van der Waals surface area contributed by atoms with Crippen LogP contribution in [0.15, 0.2) is 12.2 Å². The van der Waals surface area contributed by atoms with Gasteiger partial charge in [0.2, 0.25) is 0 Å². The molecule has 74 valence electrons. The van der Waals surface area contributed by atoms with Crippen LogP contribution in [0.25, 0.3) is 0 Å². The number of hydrogen-bond acceptors (Lipinski definition) is 4. The predicted octanol–water partition coefficient (Wildman–Crippen LogP) is 0.979. The van der Waals surface area contributed by atoms with Gasteiger partial charge in [0, 0.05) is 6.08 Å². The summed E-state index contributed by atoms with van der Waals surface area (Å²) in [6.45, 7) is 0.393. The molecule has 1 saturated heterocycles. The lowest BCUT2D eigenvalue weighted by atomic mass is 9.98. The van der Waals surface area contributed by atoms with Crippen LogP contribution >= 0.6 is 0 Å². The van der Waals surface area contributed by atoms with Gasteiger partial charge in [-0.1, -0.05) is 0 Å². The number of cyclic esters (lactones) is 1. The number of nitriles is 1. The summed E-state index contributed by atoms with van der Waals surface area (Å²) in [4.78, 5) is 22.6. The van der Waals surface area contributed by atoms with Gasteiger partial charge < -0.3 is 4.74 Å². The van der Waals surface area contributed by atoms with Gasteiger partial charge in [0.05, 0.1) is 12.7 Å². The number of esters is 1. The summed E-state index contributed by atoms with van der Waals surface area (Å²) in [6, 6.07) is 1.71. The maximum absolute atomic E-state index is 11.4. The fraction of sp³-hybridized carbons (Fsp3) is 0.500. The minimum atomic E-state index is -0.706. The highest BCUT2D eigenvalue weighted by atomic mass is 16.5. The van der Waals surface area contributed by atoms with Gasteiger partial charge in [0.1, 0.15) is 5.92 Å². The van der Waals surface area contributed by atoms with E-state index in [4.69, 9.17) is 10.00 Å². The monoisotopic (exact) mass is 193 g/mol. The van der Waals surface area contributed by atoms with Gasteiger partial charge in [-0.3, -0.25) is 9.59 Å². The highest BCUT2D eigenvalue weighted by Gasteiger charge is 2.27. The smallest absolute Gasteiger partial charge is 0.316 e. The molecule has 1 fully saturated rings. The largest absolute Gasteiger partial charge is 0.465 e. The van der Waals surface area contributed by atoms with E-state index in [2.05, 4.69) is 0 Å². The highest BCUT2D eigenvalue weighted by Crippen LogP contribution is 2.16. The molecule has 0 bridgehead atoms. The number of carbonyl (C=O) groups is 2. The average Bonchev–Trinajstić information content (AvgIpc) is 2.39. The van der Waals surface area contributed by atoms with Crippen LogP contribution in [0, 0.1) is 17.2 Å². The number of hydrogen-bond donors (Lipinski definition) is 0. The van der Waals surface area contributed by atoms with E-state index in [0.717, 1.165) is 25.0 Å². The maximum Gasteiger partial charge on any atom is 0.316 e. The number of rotatable bonds is 2. The molecule has 1 heterocycles. The van der Waals surface area contributed by atoms with Crippen LogP contribution in [0.3, 0.4) is 0 Å². The Morgan fingerprint density at radius 2 is 2.36 bits per heavy atom. The zero-order valence-corrected chi connectivity index (χ0v) is 7.73. The van der Waals surface area contributed by atoms with Crippen molar-refractivity contribution in [3.8, 4) is 6.07 Å². The Morgan fingerprint density at radius 3 is 3.07 bits per heavy atom. The van der Waals surface area contributed by atoms with E-state index in [9.17, 15) is 9.59 Å². The highest BCUT2D eigenvalue weighted by molar-refractivity contribution is 6.05. The molecule has 0 saturated carbocycles. The molecule has 0 N–H and O–H groups in total. The summed E-state index contributed by atoms with van der Waals surface area (Å²) in [5, 5.41) is 8.23. The predicted molar refractivity (Wildman–Crippen MR) is 48.1 cm³/mol. The Labute approximate surface area is 82.2 Å². The molecule has 1 rings (SSSR count). The molecule has 1 aliphatic rings. The van der Waals surface area contributed by atoms with Crippen molar-refractivity contribution in [3.05, 3.63) is 12.2 Å². The first-order valence-electron chi connectivity index (χ1n) is 4.52. The topological polar surface area (TPSA) is 67.2 Å². The Morgan fingerprint density at radius 1 is 1.57 bits per heavy atom. The standard InChI is InChI=1S/C10H11NO3/c11-6-3-5-9(12)8-4-1-2-7-14-10(8)13/h3,5,8H,1-2,4,7H2. The molecule has 1 unspecified atom stereocenters. The first-order chi connectivity index (χ1) is 6.75. The molecular weight excluding hydrogens is 182 g/mol. The van der Waals surface area contributed by atoms with Crippen LogP contribution in [0.5, 0.6) is 0 Å². The number of nitrogens with zero attached hydrogens (tertiary/aromatic N) is 1. The molecule has 0 aromatic carbocycles. The molecule has 0 amide bonds. The summed E-state index contributed by atoms with van der Waals surface area (Å²) in [5.74, 6) is -1.50. The molecule has 1 atom stereocenters. The second-order valence-corrected chi connectivity index (χ2v) is 3.08. The molecule has 4 heteroatoms. The van der Waals surface area contributed by atoms with Crippen molar-refractivity contribution >= 4 is 11.8 Å². The van der Waals surface area contributed by atoms with Crippen molar-refractivity contribution in [2.24, 2.45) is 5.92 Å². The van der Waals surface area contributed by atoms with E-state index in [1.807, 2.05) is 0 Å². The third kappa shape index (κ3) is 2.70. The minimum absolute atomic E-state index is 0.335. The molecule has 14 heavy (non-hydrogen) atoms. The Balaban J connectivity index is 2.64. The van der Waals surface area contributed by atoms with E-state index in [0.29, 0.717) is 13.0 Å². The molecule has 0 radical (unpaired) electrons. The van der Waals surface area contributed by atoms with Gasteiger partial charge >= 0.3 is 5.97 Å². The van der Waals surface area contributed by atoms with E-state index < -0.39 is 11.9 Å². The quantitative estimate of drug-likeness (QED) is 0.284. The fourth-order valence-electron chi connectivity index (χ4n) is 1.34. The summed E-state index contributed by atoms with van der Waals surface area (Å²) in [5.41, 5.74) is 0. The van der Waals surface area contributed by atoms with Gasteiger partial charge in [-0.15, -0.1) is 0 Å². The summed E-state index contributed by atoms with van der Waals surface area (Å²) < 4.78 is 4.84. The SMILES string of the molecule is N#CC=CC(=O)C1CCCCOC1=O. The van der Waals surface area contributed by atoms with E-state index >= 15 is 0 Å². The lowest BCUT2D eigenvalue weighted by Crippen LogP contribution is -2.23. The lowest BCUT2D eigenvalue weighted by Gasteiger charge is -2.07. The average molecular weight is 193 g/mol. The molecular formula is C10H11NO3. The van der Waals surface area contributed by atoms with Gasteiger partial charge in [0.15, 0.2) is 5.78 Å². The molecule has 0 aliphatic carbocycles. The third-order valence-corrected chi connectivity index (χ3v) is 2.08. The van der Waals surface area contributed by atoms with E-state index in [1.165, 1.54) is 0 Å². The molecule has 1 aliphatic heterocycles. The fourth-order valence-corrected chi connectivity index (χ4v) is 1.34. The lowest BCUT2D eigenvalue weighted by molar-refractivity contribution is -0.149. The van der Waals surface area contributed by atoms with E-state index in [1.54, 1.807) is 6.07 Å². The number of allylic oxidation sites excluding steroid dienone is 2. The molecule has 0 aromatic rings. The third-order valence-electron chi connectivity index (χ3n) is 2.08. The van der Waals surface area contributed by atoms with Crippen LogP contribution < -0.4 is 0 Å².